The Morgan fingerprint density at radius 2 is 0.600 bits per heavy atom. The molecular weight excluding hydrogens is 693 g/mol. The van der Waals surface area contributed by atoms with Crippen LogP contribution in [0.3, 0.4) is 0 Å². The number of hydrogen-bond donors (Lipinski definition) is 0. The van der Waals surface area contributed by atoms with Gasteiger partial charge in [-0.25, -0.2) is 0 Å². The summed E-state index contributed by atoms with van der Waals surface area (Å²) >= 11 is 1.80. The molecule has 9 aromatic rings. The van der Waals surface area contributed by atoms with Crippen molar-refractivity contribution in [2.75, 3.05) is 9.80 Å². The van der Waals surface area contributed by atoms with E-state index in [1.165, 1.54) is 20.9 Å². The predicted molar refractivity (Wildman–Crippen MR) is 227 cm³/mol. The molecule has 0 saturated carbocycles. The van der Waals surface area contributed by atoms with Gasteiger partial charge in [-0.1, -0.05) is 60.7 Å². The smallest absolute Gasteiger partial charge is 0.0492 e. The van der Waals surface area contributed by atoms with Crippen LogP contribution in [0.1, 0.15) is 0 Å². The standard InChI is InChI=1S/C48H34N6S/c1-3-39(33-51-27-1)35-5-13-41(14-6-35)53(45-23-29-49-30-24-45)43-17-9-37(10-18-43)47-21-22-48(55-47)38-11-19-44(20-12-38)54(46-25-31-50-32-26-46)42-15-7-36(8-16-42)40-4-2-28-52-34-40/h1-34H. The number of anilines is 6. The maximum Gasteiger partial charge on any atom is 0.0492 e. The summed E-state index contributed by atoms with van der Waals surface area (Å²) in [7, 11) is 0. The maximum absolute atomic E-state index is 4.28. The first-order valence-corrected chi connectivity index (χ1v) is 18.8. The summed E-state index contributed by atoms with van der Waals surface area (Å²) in [4.78, 5) is 24.0. The molecule has 0 saturated heterocycles. The van der Waals surface area contributed by atoms with Gasteiger partial charge in [0.2, 0.25) is 0 Å². The van der Waals surface area contributed by atoms with E-state index in [1.54, 1.807) is 23.7 Å². The highest BCUT2D eigenvalue weighted by Gasteiger charge is 2.16. The lowest BCUT2D eigenvalue weighted by Gasteiger charge is -2.25. The van der Waals surface area contributed by atoms with Gasteiger partial charge in [-0.2, -0.15) is 0 Å². The molecule has 0 aliphatic carbocycles. The molecule has 0 radical (unpaired) electrons. The Hall–Kier alpha value is -7.22. The van der Waals surface area contributed by atoms with E-state index < -0.39 is 0 Å². The van der Waals surface area contributed by atoms with Gasteiger partial charge in [-0.15, -0.1) is 11.3 Å². The van der Waals surface area contributed by atoms with Gasteiger partial charge in [0.15, 0.2) is 0 Å². The van der Waals surface area contributed by atoms with E-state index in [4.69, 9.17) is 0 Å². The zero-order valence-electron chi connectivity index (χ0n) is 29.7. The molecule has 9 rings (SSSR count). The van der Waals surface area contributed by atoms with Crippen molar-refractivity contribution in [2.45, 2.75) is 0 Å². The van der Waals surface area contributed by atoms with Crippen molar-refractivity contribution < 1.29 is 0 Å². The summed E-state index contributed by atoms with van der Waals surface area (Å²) in [5.41, 5.74) is 13.2. The molecule has 0 spiro atoms. The van der Waals surface area contributed by atoms with E-state index in [0.29, 0.717) is 0 Å². The van der Waals surface area contributed by atoms with Gasteiger partial charge in [0.25, 0.3) is 0 Å². The summed E-state index contributed by atoms with van der Waals surface area (Å²) in [5.74, 6) is 0. The summed E-state index contributed by atoms with van der Waals surface area (Å²) < 4.78 is 0. The highest BCUT2D eigenvalue weighted by Crippen LogP contribution is 2.41. The third-order valence-corrected chi connectivity index (χ3v) is 10.7. The molecule has 6 nitrogen and oxygen atoms in total. The number of nitrogens with zero attached hydrogens (tertiary/aromatic N) is 6. The van der Waals surface area contributed by atoms with Crippen molar-refractivity contribution in [3.8, 4) is 43.1 Å². The fourth-order valence-electron chi connectivity index (χ4n) is 6.75. The van der Waals surface area contributed by atoms with E-state index in [2.05, 4.69) is 151 Å². The van der Waals surface area contributed by atoms with Gasteiger partial charge in [0, 0.05) is 93.5 Å². The largest absolute Gasteiger partial charge is 0.310 e. The van der Waals surface area contributed by atoms with Crippen molar-refractivity contribution in [2.24, 2.45) is 0 Å². The Labute approximate surface area is 324 Å². The van der Waals surface area contributed by atoms with E-state index in [0.717, 1.165) is 56.4 Å². The minimum Gasteiger partial charge on any atom is -0.310 e. The second-order valence-corrected chi connectivity index (χ2v) is 14.0. The van der Waals surface area contributed by atoms with Crippen LogP contribution in [0.4, 0.5) is 34.1 Å². The van der Waals surface area contributed by atoms with Crippen LogP contribution in [-0.2, 0) is 0 Å². The normalized spacial score (nSPS) is 10.9. The van der Waals surface area contributed by atoms with Crippen LogP contribution >= 0.6 is 11.3 Å². The maximum atomic E-state index is 4.28. The molecule has 55 heavy (non-hydrogen) atoms. The van der Waals surface area contributed by atoms with E-state index in [1.807, 2.05) is 73.6 Å². The number of benzene rings is 4. The third kappa shape index (κ3) is 7.25. The monoisotopic (exact) mass is 726 g/mol. The average Bonchev–Trinajstić information content (AvgIpc) is 3.77. The van der Waals surface area contributed by atoms with Gasteiger partial charge in [-0.05, 0) is 130 Å². The van der Waals surface area contributed by atoms with Gasteiger partial charge in [0.05, 0.1) is 0 Å². The highest BCUT2D eigenvalue weighted by atomic mass is 32.1. The second kappa shape index (κ2) is 15.4. The quantitative estimate of drug-likeness (QED) is 0.140. The highest BCUT2D eigenvalue weighted by molar-refractivity contribution is 7.18. The van der Waals surface area contributed by atoms with Crippen molar-refractivity contribution in [3.63, 3.8) is 0 Å². The van der Waals surface area contributed by atoms with Crippen LogP contribution in [0.15, 0.2) is 207 Å². The lowest BCUT2D eigenvalue weighted by Crippen LogP contribution is -2.09. The van der Waals surface area contributed by atoms with Gasteiger partial charge < -0.3 is 9.80 Å². The fraction of sp³-hybridized carbons (Fsp3) is 0. The lowest BCUT2D eigenvalue weighted by molar-refractivity contribution is 1.24. The number of pyridine rings is 4. The first-order chi connectivity index (χ1) is 27.3. The van der Waals surface area contributed by atoms with Crippen molar-refractivity contribution in [1.82, 2.24) is 19.9 Å². The second-order valence-electron chi connectivity index (χ2n) is 12.9. The topological polar surface area (TPSA) is 58.0 Å². The Morgan fingerprint density at radius 1 is 0.273 bits per heavy atom. The summed E-state index contributed by atoms with van der Waals surface area (Å²) in [5, 5.41) is 0. The average molecular weight is 727 g/mol. The Morgan fingerprint density at radius 3 is 0.927 bits per heavy atom. The summed E-state index contributed by atoms with van der Waals surface area (Å²) in [6.07, 6.45) is 14.7. The summed E-state index contributed by atoms with van der Waals surface area (Å²) in [6, 6.07) is 55.5. The first-order valence-electron chi connectivity index (χ1n) is 18.0. The minimum atomic E-state index is 1.04. The molecule has 0 aliphatic rings. The van der Waals surface area contributed by atoms with Crippen LogP contribution < -0.4 is 9.80 Å². The molecule has 0 bridgehead atoms. The number of thiophene rings is 1. The van der Waals surface area contributed by atoms with Gasteiger partial charge in [-0.3, -0.25) is 19.9 Å². The molecule has 4 aromatic carbocycles. The molecule has 0 aliphatic heterocycles. The van der Waals surface area contributed by atoms with E-state index in [9.17, 15) is 0 Å². The molecule has 0 unspecified atom stereocenters. The van der Waals surface area contributed by atoms with E-state index in [-0.39, 0.29) is 0 Å². The fourth-order valence-corrected chi connectivity index (χ4v) is 7.77. The van der Waals surface area contributed by atoms with E-state index >= 15 is 0 Å². The summed E-state index contributed by atoms with van der Waals surface area (Å²) in [6.45, 7) is 0. The Balaban J connectivity index is 0.962. The molecular formula is C48H34N6S. The van der Waals surface area contributed by atoms with Crippen LogP contribution in [-0.4, -0.2) is 19.9 Å². The first kappa shape index (κ1) is 33.6. The van der Waals surface area contributed by atoms with Crippen LogP contribution in [0.2, 0.25) is 0 Å². The van der Waals surface area contributed by atoms with Crippen molar-refractivity contribution >= 4 is 45.5 Å². The van der Waals surface area contributed by atoms with Gasteiger partial charge in [0.1, 0.15) is 0 Å². The van der Waals surface area contributed by atoms with Crippen molar-refractivity contribution in [1.29, 1.82) is 0 Å². The lowest BCUT2D eigenvalue weighted by atomic mass is 10.1. The molecule has 0 N–H and O–H groups in total. The number of rotatable bonds is 10. The molecule has 5 heterocycles. The Bertz CT molecular complexity index is 2410. The minimum absolute atomic E-state index is 1.04. The number of hydrogen-bond acceptors (Lipinski definition) is 7. The molecule has 0 atom stereocenters. The number of aromatic nitrogens is 4. The molecule has 0 amide bonds. The molecule has 0 fully saturated rings. The van der Waals surface area contributed by atoms with Crippen molar-refractivity contribution in [3.05, 3.63) is 207 Å². The molecule has 262 valence electrons. The third-order valence-electron chi connectivity index (χ3n) is 9.51. The van der Waals surface area contributed by atoms with Gasteiger partial charge >= 0.3 is 0 Å². The zero-order valence-corrected chi connectivity index (χ0v) is 30.5. The van der Waals surface area contributed by atoms with Crippen LogP contribution in [0.25, 0.3) is 43.1 Å². The van der Waals surface area contributed by atoms with Crippen LogP contribution in [0, 0.1) is 0 Å². The molecule has 7 heteroatoms. The SMILES string of the molecule is c1cncc(-c2ccc(N(c3ccncc3)c3ccc(-c4ccc(-c5ccc(N(c6ccncc6)c6ccc(-c7cccnc7)cc6)cc5)s4)cc3)cc2)c1. The van der Waals surface area contributed by atoms with Crippen LogP contribution in [0.5, 0.6) is 0 Å². The zero-order chi connectivity index (χ0) is 36.8. The molecule has 5 aromatic heterocycles. The Kier molecular flexibility index (Phi) is 9.41. The predicted octanol–water partition coefficient (Wildman–Crippen LogP) is 12.9.